The second-order valence-electron chi connectivity index (χ2n) is 4.67. The Kier molecular flexibility index (Phi) is 8.40. The van der Waals surface area contributed by atoms with Crippen molar-refractivity contribution in [3.05, 3.63) is 0 Å². The average molecular weight is 245 g/mol. The van der Waals surface area contributed by atoms with E-state index in [9.17, 15) is 9.59 Å². The first kappa shape index (κ1) is 15.9. The second kappa shape index (κ2) is 8.98. The van der Waals surface area contributed by atoms with Crippen molar-refractivity contribution in [1.82, 2.24) is 4.90 Å². The molecule has 0 saturated carbocycles. The number of rotatable bonds is 10. The van der Waals surface area contributed by atoms with Crippen LogP contribution in [-0.2, 0) is 9.59 Å². The van der Waals surface area contributed by atoms with Crippen molar-refractivity contribution in [2.75, 3.05) is 19.6 Å². The number of carboxylic acids is 2. The van der Waals surface area contributed by atoms with Gasteiger partial charge in [0.1, 0.15) is 0 Å². The van der Waals surface area contributed by atoms with E-state index in [0.29, 0.717) is 25.4 Å². The number of carbonyl (C=O) groups is 2. The summed E-state index contributed by atoms with van der Waals surface area (Å²) < 4.78 is 0. The highest BCUT2D eigenvalue weighted by molar-refractivity contribution is 5.67. The predicted molar refractivity (Wildman–Crippen MR) is 65.0 cm³/mol. The molecule has 0 amide bonds. The molecule has 0 bridgehead atoms. The van der Waals surface area contributed by atoms with Crippen molar-refractivity contribution in [1.29, 1.82) is 0 Å². The first-order valence-electron chi connectivity index (χ1n) is 6.07. The number of hydrogen-bond donors (Lipinski definition) is 2. The van der Waals surface area contributed by atoms with Crippen molar-refractivity contribution in [3.63, 3.8) is 0 Å². The van der Waals surface area contributed by atoms with Gasteiger partial charge in [-0.25, -0.2) is 0 Å². The van der Waals surface area contributed by atoms with Crippen LogP contribution in [0.2, 0.25) is 0 Å². The first-order valence-corrected chi connectivity index (χ1v) is 6.07. The fourth-order valence-electron chi connectivity index (χ4n) is 1.48. The number of nitrogens with zero attached hydrogens (tertiary/aromatic N) is 1. The molecule has 100 valence electrons. The Morgan fingerprint density at radius 2 is 1.59 bits per heavy atom. The van der Waals surface area contributed by atoms with Gasteiger partial charge in [0.05, 0.1) is 6.42 Å². The minimum absolute atomic E-state index is 0.116. The van der Waals surface area contributed by atoms with Crippen LogP contribution in [0.25, 0.3) is 0 Å². The highest BCUT2D eigenvalue weighted by Crippen LogP contribution is 2.04. The van der Waals surface area contributed by atoms with Crippen molar-refractivity contribution >= 4 is 11.9 Å². The molecule has 0 aromatic carbocycles. The summed E-state index contributed by atoms with van der Waals surface area (Å²) in [5, 5.41) is 17.2. The lowest BCUT2D eigenvalue weighted by atomic mass is 10.1. The molecule has 2 N–H and O–H groups in total. The molecule has 0 spiro atoms. The van der Waals surface area contributed by atoms with Gasteiger partial charge in [0.25, 0.3) is 0 Å². The number of aliphatic carboxylic acids is 2. The van der Waals surface area contributed by atoms with Gasteiger partial charge in [-0.05, 0) is 31.8 Å². The summed E-state index contributed by atoms with van der Waals surface area (Å²) in [6.07, 6.45) is 1.84. The monoisotopic (exact) mass is 245 g/mol. The van der Waals surface area contributed by atoms with Crippen LogP contribution in [0.4, 0.5) is 0 Å². The molecular weight excluding hydrogens is 222 g/mol. The van der Waals surface area contributed by atoms with E-state index < -0.39 is 11.9 Å². The second-order valence-corrected chi connectivity index (χ2v) is 4.67. The predicted octanol–water partition coefficient (Wildman–Crippen LogP) is 1.67. The topological polar surface area (TPSA) is 77.8 Å². The largest absolute Gasteiger partial charge is 0.481 e. The maximum Gasteiger partial charge on any atom is 0.304 e. The Bertz CT molecular complexity index is 241. The van der Waals surface area contributed by atoms with Crippen molar-refractivity contribution in [3.8, 4) is 0 Å². The normalized spacial score (nSPS) is 11.1. The van der Waals surface area contributed by atoms with Gasteiger partial charge in [0.15, 0.2) is 0 Å². The molecule has 0 aromatic rings. The SMILES string of the molecule is CC(C)CCN(CCCC(=O)O)CCC(=O)O. The molecule has 0 fully saturated rings. The van der Waals surface area contributed by atoms with E-state index in [-0.39, 0.29) is 12.8 Å². The van der Waals surface area contributed by atoms with E-state index in [0.717, 1.165) is 13.0 Å². The van der Waals surface area contributed by atoms with Crippen LogP contribution >= 0.6 is 0 Å². The van der Waals surface area contributed by atoms with E-state index in [1.807, 2.05) is 4.90 Å². The van der Waals surface area contributed by atoms with Gasteiger partial charge in [0.2, 0.25) is 0 Å². The molecule has 0 atom stereocenters. The van der Waals surface area contributed by atoms with Crippen LogP contribution in [0.1, 0.15) is 39.5 Å². The summed E-state index contributed by atoms with van der Waals surface area (Å²) in [7, 11) is 0. The summed E-state index contributed by atoms with van der Waals surface area (Å²) in [5.74, 6) is -1.04. The van der Waals surface area contributed by atoms with Gasteiger partial charge in [-0.2, -0.15) is 0 Å². The molecule has 0 heterocycles. The van der Waals surface area contributed by atoms with Crippen molar-refractivity contribution in [2.45, 2.75) is 39.5 Å². The Balaban J connectivity index is 3.91. The lowest BCUT2D eigenvalue weighted by molar-refractivity contribution is -0.138. The zero-order chi connectivity index (χ0) is 13.3. The van der Waals surface area contributed by atoms with Crippen LogP contribution in [0.5, 0.6) is 0 Å². The summed E-state index contributed by atoms with van der Waals surface area (Å²) >= 11 is 0. The van der Waals surface area contributed by atoms with E-state index in [4.69, 9.17) is 10.2 Å². The molecule has 17 heavy (non-hydrogen) atoms. The maximum atomic E-state index is 10.5. The zero-order valence-corrected chi connectivity index (χ0v) is 10.7. The van der Waals surface area contributed by atoms with Crippen LogP contribution in [0.15, 0.2) is 0 Å². The summed E-state index contributed by atoms with van der Waals surface area (Å²) in [4.78, 5) is 22.9. The van der Waals surface area contributed by atoms with Gasteiger partial charge < -0.3 is 15.1 Å². The molecule has 0 unspecified atom stereocenters. The van der Waals surface area contributed by atoms with Crippen LogP contribution in [-0.4, -0.2) is 46.7 Å². The number of carboxylic acid groups (broad SMARTS) is 2. The molecule has 0 aliphatic heterocycles. The third kappa shape index (κ3) is 11.2. The molecule has 0 rings (SSSR count). The third-order valence-electron chi connectivity index (χ3n) is 2.53. The summed E-state index contributed by atoms with van der Waals surface area (Å²) in [6, 6.07) is 0. The van der Waals surface area contributed by atoms with Gasteiger partial charge in [0, 0.05) is 13.0 Å². The van der Waals surface area contributed by atoms with Crippen molar-refractivity contribution in [2.24, 2.45) is 5.92 Å². The number of hydrogen-bond acceptors (Lipinski definition) is 3. The van der Waals surface area contributed by atoms with E-state index >= 15 is 0 Å². The molecule has 5 heteroatoms. The van der Waals surface area contributed by atoms with E-state index in [2.05, 4.69) is 13.8 Å². The maximum absolute atomic E-state index is 10.5. The van der Waals surface area contributed by atoms with Gasteiger partial charge in [-0.15, -0.1) is 0 Å². The standard InChI is InChI=1S/C12H23NO4/c1-10(2)5-8-13(9-6-12(16)17)7-3-4-11(14)15/h10H,3-9H2,1-2H3,(H,14,15)(H,16,17). The molecular formula is C12H23NO4. The smallest absolute Gasteiger partial charge is 0.304 e. The van der Waals surface area contributed by atoms with Gasteiger partial charge in [-0.3, -0.25) is 9.59 Å². The van der Waals surface area contributed by atoms with Gasteiger partial charge >= 0.3 is 11.9 Å². The van der Waals surface area contributed by atoms with Crippen LogP contribution in [0, 0.1) is 5.92 Å². The molecule has 0 aromatic heterocycles. The molecule has 0 aliphatic rings. The Hall–Kier alpha value is -1.10. The van der Waals surface area contributed by atoms with E-state index in [1.54, 1.807) is 0 Å². The summed E-state index contributed by atoms with van der Waals surface area (Å²) in [6.45, 7) is 6.23. The van der Waals surface area contributed by atoms with Gasteiger partial charge in [-0.1, -0.05) is 13.8 Å². The molecule has 0 saturated heterocycles. The fraction of sp³-hybridized carbons (Fsp3) is 0.833. The molecule has 0 aliphatic carbocycles. The lowest BCUT2D eigenvalue weighted by Crippen LogP contribution is -2.29. The Morgan fingerprint density at radius 1 is 1.00 bits per heavy atom. The Labute approximate surface area is 102 Å². The average Bonchev–Trinajstić information content (AvgIpc) is 2.20. The molecule has 5 nitrogen and oxygen atoms in total. The highest BCUT2D eigenvalue weighted by atomic mass is 16.4. The van der Waals surface area contributed by atoms with Crippen molar-refractivity contribution < 1.29 is 19.8 Å². The fourth-order valence-corrected chi connectivity index (χ4v) is 1.48. The zero-order valence-electron chi connectivity index (χ0n) is 10.7. The Morgan fingerprint density at radius 3 is 2.06 bits per heavy atom. The van der Waals surface area contributed by atoms with Crippen LogP contribution in [0.3, 0.4) is 0 Å². The van der Waals surface area contributed by atoms with Crippen LogP contribution < -0.4 is 0 Å². The minimum atomic E-state index is -0.808. The lowest BCUT2D eigenvalue weighted by Gasteiger charge is -2.22. The third-order valence-corrected chi connectivity index (χ3v) is 2.53. The minimum Gasteiger partial charge on any atom is -0.481 e. The quantitative estimate of drug-likeness (QED) is 0.612. The first-order chi connectivity index (χ1) is 7.91. The van der Waals surface area contributed by atoms with E-state index in [1.165, 1.54) is 0 Å². The summed E-state index contributed by atoms with van der Waals surface area (Å²) in [5.41, 5.74) is 0. The highest BCUT2D eigenvalue weighted by Gasteiger charge is 2.09. The molecule has 0 radical (unpaired) electrons.